The number of para-hydroxylation sites is 1. The van der Waals surface area contributed by atoms with Crippen molar-refractivity contribution in [2.24, 2.45) is 5.92 Å². The van der Waals surface area contributed by atoms with E-state index in [1.807, 2.05) is 49.4 Å². The number of hydrogen-bond acceptors (Lipinski definition) is 5. The average molecular weight is 362 g/mol. The summed E-state index contributed by atoms with van der Waals surface area (Å²) in [6.45, 7) is 2.76. The van der Waals surface area contributed by atoms with Gasteiger partial charge >= 0.3 is 0 Å². The molecule has 138 valence electrons. The molecule has 4 rings (SSSR count). The summed E-state index contributed by atoms with van der Waals surface area (Å²) >= 11 is 0. The van der Waals surface area contributed by atoms with Crippen LogP contribution in [-0.4, -0.2) is 25.3 Å². The van der Waals surface area contributed by atoms with Crippen LogP contribution in [0.1, 0.15) is 30.0 Å². The molecule has 1 heterocycles. The number of allylic oxidation sites excluding steroid dienone is 1. The molecule has 5 nitrogen and oxygen atoms in total. The van der Waals surface area contributed by atoms with Crippen LogP contribution in [0.25, 0.3) is 5.57 Å². The van der Waals surface area contributed by atoms with Gasteiger partial charge in [0, 0.05) is 23.4 Å². The Hall–Kier alpha value is -3.08. The summed E-state index contributed by atoms with van der Waals surface area (Å²) in [6, 6.07) is 11.9. The molecule has 0 saturated carbocycles. The Morgan fingerprint density at radius 3 is 2.70 bits per heavy atom. The molecule has 0 aromatic heterocycles. The van der Waals surface area contributed by atoms with E-state index >= 15 is 0 Å². The highest BCUT2D eigenvalue weighted by Gasteiger charge is 2.25. The molecule has 27 heavy (non-hydrogen) atoms. The topological polar surface area (TPSA) is 75.4 Å². The number of ether oxygens (including phenoxy) is 3. The normalized spacial score (nSPS) is 18.2. The van der Waals surface area contributed by atoms with E-state index in [-0.39, 0.29) is 12.7 Å². The van der Waals surface area contributed by atoms with Gasteiger partial charge in [-0.2, -0.15) is 0 Å². The van der Waals surface area contributed by atoms with Gasteiger partial charge in [-0.1, -0.05) is 18.2 Å². The molecule has 1 aliphatic heterocycles. The Balaban J connectivity index is 1.93. The number of rotatable bonds is 4. The van der Waals surface area contributed by atoms with Crippen molar-refractivity contribution < 1.29 is 14.2 Å². The van der Waals surface area contributed by atoms with Gasteiger partial charge in [-0.15, -0.1) is 0 Å². The first-order valence-corrected chi connectivity index (χ1v) is 9.17. The molecule has 1 aliphatic carbocycles. The molecule has 2 aromatic rings. The zero-order chi connectivity index (χ0) is 18.8. The van der Waals surface area contributed by atoms with Crippen LogP contribution >= 0.6 is 0 Å². The van der Waals surface area contributed by atoms with Gasteiger partial charge in [-0.05, 0) is 60.7 Å². The van der Waals surface area contributed by atoms with Crippen molar-refractivity contribution in [2.75, 3.05) is 13.4 Å². The second-order valence-electron chi connectivity index (χ2n) is 6.62. The van der Waals surface area contributed by atoms with Gasteiger partial charge in [-0.25, -0.2) is 0 Å². The minimum absolute atomic E-state index is 0.196. The molecule has 1 unspecified atom stereocenters. The maximum Gasteiger partial charge on any atom is 0.231 e. The summed E-state index contributed by atoms with van der Waals surface area (Å²) in [5.41, 5.74) is 4.46. The second-order valence-corrected chi connectivity index (χ2v) is 6.62. The minimum Gasteiger partial charge on any atom is -0.493 e. The maximum atomic E-state index is 8.51. The Morgan fingerprint density at radius 2 is 1.93 bits per heavy atom. The zero-order valence-electron chi connectivity index (χ0n) is 15.2. The molecule has 2 N–H and O–H groups in total. The lowest BCUT2D eigenvalue weighted by molar-refractivity contribution is 0.174. The Morgan fingerprint density at radius 1 is 1.15 bits per heavy atom. The standard InChI is InChI=1S/C22H22N2O3/c1-2-25-20-6-4-3-5-16(20)18-10-19(24)15(12-23)8-7-14-9-21-22(11-17(14)18)27-13-26-21/h3-6,9-12,15,23-24H,2,7-8,13H2,1H3. The van der Waals surface area contributed by atoms with Crippen molar-refractivity contribution in [3.05, 3.63) is 59.2 Å². The van der Waals surface area contributed by atoms with Crippen molar-refractivity contribution in [1.29, 1.82) is 10.8 Å². The Bertz CT molecular complexity index is 933. The third-order valence-electron chi connectivity index (χ3n) is 4.99. The summed E-state index contributed by atoms with van der Waals surface area (Å²) in [5, 5.41) is 16.2. The number of nitrogens with one attached hydrogen (secondary N) is 2. The van der Waals surface area contributed by atoms with E-state index in [0.29, 0.717) is 12.3 Å². The largest absolute Gasteiger partial charge is 0.493 e. The molecule has 1 atom stereocenters. The number of aryl methyl sites for hydroxylation is 1. The third-order valence-corrected chi connectivity index (χ3v) is 4.99. The summed E-state index contributed by atoms with van der Waals surface area (Å²) in [4.78, 5) is 0. The zero-order valence-corrected chi connectivity index (χ0v) is 15.2. The SMILES string of the molecule is CCOc1ccccc1C1=CC(=N)C(C=N)CCc2cc3c(cc21)OCO3. The van der Waals surface area contributed by atoms with Crippen LogP contribution in [0.15, 0.2) is 42.5 Å². The lowest BCUT2D eigenvalue weighted by atomic mass is 9.84. The smallest absolute Gasteiger partial charge is 0.231 e. The maximum absolute atomic E-state index is 8.51. The van der Waals surface area contributed by atoms with Crippen molar-refractivity contribution in [3.8, 4) is 17.2 Å². The highest BCUT2D eigenvalue weighted by molar-refractivity contribution is 6.10. The van der Waals surface area contributed by atoms with Crippen molar-refractivity contribution in [1.82, 2.24) is 0 Å². The van der Waals surface area contributed by atoms with Crippen LogP contribution < -0.4 is 14.2 Å². The van der Waals surface area contributed by atoms with E-state index in [1.165, 1.54) is 6.21 Å². The van der Waals surface area contributed by atoms with Crippen molar-refractivity contribution >= 4 is 17.5 Å². The fourth-order valence-electron chi connectivity index (χ4n) is 3.61. The Kier molecular flexibility index (Phi) is 4.67. The number of fused-ring (bicyclic) bond motifs is 2. The van der Waals surface area contributed by atoms with E-state index in [4.69, 9.17) is 25.0 Å². The summed E-state index contributed by atoms with van der Waals surface area (Å²) in [5.74, 6) is 2.07. The molecule has 0 amide bonds. The van der Waals surface area contributed by atoms with Crippen LogP contribution in [0.4, 0.5) is 0 Å². The molecule has 5 heteroatoms. The molecule has 0 spiro atoms. The molecule has 0 radical (unpaired) electrons. The predicted octanol–water partition coefficient (Wildman–Crippen LogP) is 4.48. The third kappa shape index (κ3) is 3.21. The first-order chi connectivity index (χ1) is 13.2. The molecule has 0 fully saturated rings. The fraction of sp³-hybridized carbons (Fsp3) is 0.273. The highest BCUT2D eigenvalue weighted by Crippen LogP contribution is 2.42. The summed E-state index contributed by atoms with van der Waals surface area (Å²) < 4.78 is 17.0. The number of hydrogen-bond donors (Lipinski definition) is 2. The van der Waals surface area contributed by atoms with E-state index in [1.54, 1.807) is 0 Å². The highest BCUT2D eigenvalue weighted by atomic mass is 16.7. The van der Waals surface area contributed by atoms with Crippen molar-refractivity contribution in [3.63, 3.8) is 0 Å². The Labute approximate surface area is 158 Å². The molecule has 0 bridgehead atoms. The van der Waals surface area contributed by atoms with Gasteiger partial charge in [0.2, 0.25) is 6.79 Å². The van der Waals surface area contributed by atoms with Gasteiger partial charge in [0.25, 0.3) is 0 Å². The van der Waals surface area contributed by atoms with Gasteiger partial charge < -0.3 is 25.0 Å². The van der Waals surface area contributed by atoms with Gasteiger partial charge in [0.15, 0.2) is 11.5 Å². The summed E-state index contributed by atoms with van der Waals surface area (Å²) in [6.07, 6.45) is 4.73. The minimum atomic E-state index is -0.196. The van der Waals surface area contributed by atoms with Crippen molar-refractivity contribution in [2.45, 2.75) is 19.8 Å². The van der Waals surface area contributed by atoms with Crippen LogP contribution in [0.5, 0.6) is 17.2 Å². The van der Waals surface area contributed by atoms with E-state index in [9.17, 15) is 0 Å². The number of benzene rings is 2. The first kappa shape index (κ1) is 17.3. The van der Waals surface area contributed by atoms with Crippen LogP contribution in [-0.2, 0) is 6.42 Å². The van der Waals surface area contributed by atoms with Crippen LogP contribution in [0.2, 0.25) is 0 Å². The van der Waals surface area contributed by atoms with Crippen LogP contribution in [0.3, 0.4) is 0 Å². The molecule has 0 saturated heterocycles. The molecule has 2 aromatic carbocycles. The quantitative estimate of drug-likeness (QED) is 0.788. The lowest BCUT2D eigenvalue weighted by Gasteiger charge is -2.22. The average Bonchev–Trinajstić information content (AvgIpc) is 3.13. The summed E-state index contributed by atoms with van der Waals surface area (Å²) in [7, 11) is 0. The van der Waals surface area contributed by atoms with E-state index < -0.39 is 0 Å². The fourth-order valence-corrected chi connectivity index (χ4v) is 3.61. The van der Waals surface area contributed by atoms with Crippen LogP contribution in [0, 0.1) is 16.7 Å². The molecule has 2 aliphatic rings. The van der Waals surface area contributed by atoms with E-state index in [2.05, 4.69) is 0 Å². The van der Waals surface area contributed by atoms with Gasteiger partial charge in [0.05, 0.1) is 6.61 Å². The predicted molar refractivity (Wildman–Crippen MR) is 106 cm³/mol. The van der Waals surface area contributed by atoms with Gasteiger partial charge in [0.1, 0.15) is 5.75 Å². The molecular formula is C22H22N2O3. The first-order valence-electron chi connectivity index (χ1n) is 9.17. The second kappa shape index (κ2) is 7.27. The lowest BCUT2D eigenvalue weighted by Crippen LogP contribution is -2.17. The molecular weight excluding hydrogens is 340 g/mol. The van der Waals surface area contributed by atoms with Gasteiger partial charge in [-0.3, -0.25) is 0 Å². The van der Waals surface area contributed by atoms with E-state index in [0.717, 1.165) is 52.4 Å². The monoisotopic (exact) mass is 362 g/mol.